The minimum absolute atomic E-state index is 0.245. The van der Waals surface area contributed by atoms with Crippen molar-refractivity contribution in [2.24, 2.45) is 5.41 Å². The lowest BCUT2D eigenvalue weighted by atomic mass is 9.96. The first-order valence-electron chi connectivity index (χ1n) is 6.55. The second kappa shape index (κ2) is 6.36. The summed E-state index contributed by atoms with van der Waals surface area (Å²) in [6, 6.07) is 0. The largest absolute Gasteiger partial charge is 0.340 e. The Bertz CT molecular complexity index is 240. The second-order valence-electron chi connectivity index (χ2n) is 6.22. The number of nitrogens with zero attached hydrogens (tertiary/aromatic N) is 2. The number of nitrogens with one attached hydrogen (secondary N) is 1. The van der Waals surface area contributed by atoms with E-state index >= 15 is 0 Å². The van der Waals surface area contributed by atoms with Crippen LogP contribution in [0.4, 0.5) is 0 Å². The molecule has 0 bridgehead atoms. The fourth-order valence-corrected chi connectivity index (χ4v) is 2.29. The molecule has 0 unspecified atom stereocenters. The molecule has 17 heavy (non-hydrogen) atoms. The second-order valence-corrected chi connectivity index (χ2v) is 6.22. The first-order valence-corrected chi connectivity index (χ1v) is 6.55. The third-order valence-corrected chi connectivity index (χ3v) is 2.84. The highest BCUT2D eigenvalue weighted by Gasteiger charge is 2.19. The predicted molar refractivity (Wildman–Crippen MR) is 71.0 cm³/mol. The van der Waals surface area contributed by atoms with Gasteiger partial charge in [-0.2, -0.15) is 0 Å². The molecule has 1 fully saturated rings. The van der Waals surface area contributed by atoms with Gasteiger partial charge < -0.3 is 10.2 Å². The van der Waals surface area contributed by atoms with Gasteiger partial charge in [0.2, 0.25) is 5.91 Å². The summed E-state index contributed by atoms with van der Waals surface area (Å²) in [5.41, 5.74) is 0.245. The zero-order valence-electron chi connectivity index (χ0n) is 11.8. The van der Waals surface area contributed by atoms with Gasteiger partial charge in [-0.15, -0.1) is 0 Å². The molecule has 1 heterocycles. The molecule has 0 aromatic carbocycles. The van der Waals surface area contributed by atoms with Crippen molar-refractivity contribution in [3.8, 4) is 0 Å². The van der Waals surface area contributed by atoms with Crippen molar-refractivity contribution in [1.29, 1.82) is 0 Å². The lowest BCUT2D eigenvalue weighted by Gasteiger charge is -2.28. The summed E-state index contributed by atoms with van der Waals surface area (Å²) in [4.78, 5) is 16.2. The van der Waals surface area contributed by atoms with Gasteiger partial charge in [-0.1, -0.05) is 20.8 Å². The molecule has 0 saturated carbocycles. The van der Waals surface area contributed by atoms with Crippen LogP contribution in [-0.2, 0) is 4.79 Å². The maximum absolute atomic E-state index is 12.1. The summed E-state index contributed by atoms with van der Waals surface area (Å²) in [5.74, 6) is 0.264. The number of carbonyl (C=O) groups is 1. The first-order chi connectivity index (χ1) is 7.88. The predicted octanol–water partition coefficient (Wildman–Crippen LogP) is 0.786. The Hall–Kier alpha value is -0.610. The van der Waals surface area contributed by atoms with E-state index in [1.165, 1.54) is 0 Å². The van der Waals surface area contributed by atoms with Gasteiger partial charge in [0.1, 0.15) is 0 Å². The highest BCUT2D eigenvalue weighted by atomic mass is 16.2. The lowest BCUT2D eigenvalue weighted by Crippen LogP contribution is -2.42. The summed E-state index contributed by atoms with van der Waals surface area (Å²) < 4.78 is 0. The molecule has 0 spiro atoms. The molecule has 1 aliphatic rings. The number of hydrogen-bond acceptors (Lipinski definition) is 3. The van der Waals surface area contributed by atoms with Crippen molar-refractivity contribution in [1.82, 2.24) is 15.1 Å². The SMILES string of the molecule is CN(CC(=O)N1CCCNCC1)CC(C)(C)C. The normalized spacial score (nSPS) is 18.3. The average Bonchev–Trinajstić information content (AvgIpc) is 2.41. The van der Waals surface area contributed by atoms with Gasteiger partial charge in [-0.3, -0.25) is 9.69 Å². The van der Waals surface area contributed by atoms with Gasteiger partial charge in [-0.05, 0) is 25.4 Å². The maximum atomic E-state index is 12.1. The lowest BCUT2D eigenvalue weighted by molar-refractivity contribution is -0.132. The van der Waals surface area contributed by atoms with Crippen LogP contribution in [-0.4, -0.2) is 62.0 Å². The number of carbonyl (C=O) groups excluding carboxylic acids is 1. The monoisotopic (exact) mass is 241 g/mol. The number of likely N-dealkylation sites (N-methyl/N-ethyl adjacent to an activating group) is 1. The van der Waals surface area contributed by atoms with Crippen LogP contribution < -0.4 is 5.32 Å². The zero-order chi connectivity index (χ0) is 12.9. The zero-order valence-corrected chi connectivity index (χ0v) is 11.8. The van der Waals surface area contributed by atoms with Crippen LogP contribution in [0.5, 0.6) is 0 Å². The van der Waals surface area contributed by atoms with E-state index in [0.29, 0.717) is 6.54 Å². The smallest absolute Gasteiger partial charge is 0.236 e. The molecule has 4 nitrogen and oxygen atoms in total. The van der Waals surface area contributed by atoms with E-state index in [9.17, 15) is 4.79 Å². The van der Waals surface area contributed by atoms with Crippen LogP contribution in [0, 0.1) is 5.41 Å². The highest BCUT2D eigenvalue weighted by molar-refractivity contribution is 5.78. The first kappa shape index (κ1) is 14.5. The van der Waals surface area contributed by atoms with Gasteiger partial charge in [0.25, 0.3) is 0 Å². The van der Waals surface area contributed by atoms with E-state index in [0.717, 1.165) is 39.1 Å². The molecule has 100 valence electrons. The Morgan fingerprint density at radius 2 is 2.00 bits per heavy atom. The molecule has 1 aliphatic heterocycles. The van der Waals surface area contributed by atoms with Crippen LogP contribution >= 0.6 is 0 Å². The summed E-state index contributed by atoms with van der Waals surface area (Å²) >= 11 is 0. The van der Waals surface area contributed by atoms with E-state index in [2.05, 4.69) is 31.0 Å². The molecule has 0 atom stereocenters. The Kier molecular flexibility index (Phi) is 5.40. The fraction of sp³-hybridized carbons (Fsp3) is 0.923. The van der Waals surface area contributed by atoms with Gasteiger partial charge in [0, 0.05) is 26.2 Å². The number of hydrogen-bond donors (Lipinski definition) is 1. The van der Waals surface area contributed by atoms with E-state index in [4.69, 9.17) is 0 Å². The minimum atomic E-state index is 0.245. The summed E-state index contributed by atoms with van der Waals surface area (Å²) in [7, 11) is 2.03. The van der Waals surface area contributed by atoms with Crippen LogP contribution in [0.3, 0.4) is 0 Å². The molecular weight excluding hydrogens is 214 g/mol. The number of rotatable bonds is 3. The topological polar surface area (TPSA) is 35.6 Å². The summed E-state index contributed by atoms with van der Waals surface area (Å²) in [6.07, 6.45) is 1.06. The van der Waals surface area contributed by atoms with Crippen LogP contribution in [0.15, 0.2) is 0 Å². The van der Waals surface area contributed by atoms with Gasteiger partial charge in [0.05, 0.1) is 6.54 Å². The van der Waals surface area contributed by atoms with E-state index < -0.39 is 0 Å². The molecular formula is C13H27N3O. The maximum Gasteiger partial charge on any atom is 0.236 e. The Morgan fingerprint density at radius 1 is 1.29 bits per heavy atom. The van der Waals surface area contributed by atoms with Crippen molar-refractivity contribution >= 4 is 5.91 Å². The van der Waals surface area contributed by atoms with Crippen molar-refractivity contribution in [3.05, 3.63) is 0 Å². The van der Waals surface area contributed by atoms with E-state index in [-0.39, 0.29) is 11.3 Å². The fourth-order valence-electron chi connectivity index (χ4n) is 2.29. The molecule has 1 saturated heterocycles. The molecule has 0 radical (unpaired) electrons. The van der Waals surface area contributed by atoms with Gasteiger partial charge >= 0.3 is 0 Å². The van der Waals surface area contributed by atoms with Crippen molar-refractivity contribution in [2.45, 2.75) is 27.2 Å². The van der Waals surface area contributed by atoms with Crippen molar-refractivity contribution in [2.75, 3.05) is 46.3 Å². The number of amides is 1. The Balaban J connectivity index is 2.36. The molecule has 1 rings (SSSR count). The molecule has 0 aliphatic carbocycles. The molecule has 0 aromatic heterocycles. The highest BCUT2D eigenvalue weighted by Crippen LogP contribution is 2.14. The Morgan fingerprint density at radius 3 is 2.65 bits per heavy atom. The minimum Gasteiger partial charge on any atom is -0.340 e. The van der Waals surface area contributed by atoms with E-state index in [1.54, 1.807) is 0 Å². The van der Waals surface area contributed by atoms with E-state index in [1.807, 2.05) is 11.9 Å². The third kappa shape index (κ3) is 6.03. The van der Waals surface area contributed by atoms with Crippen molar-refractivity contribution in [3.63, 3.8) is 0 Å². The van der Waals surface area contributed by atoms with Gasteiger partial charge in [-0.25, -0.2) is 0 Å². The molecule has 1 N–H and O–H groups in total. The molecule has 0 aromatic rings. The van der Waals surface area contributed by atoms with Gasteiger partial charge in [0.15, 0.2) is 0 Å². The summed E-state index contributed by atoms with van der Waals surface area (Å²) in [5, 5.41) is 3.32. The third-order valence-electron chi connectivity index (χ3n) is 2.84. The molecule has 1 amide bonds. The summed E-state index contributed by atoms with van der Waals surface area (Å²) in [6.45, 7) is 11.8. The average molecular weight is 241 g/mol. The van der Waals surface area contributed by atoms with Crippen LogP contribution in [0.2, 0.25) is 0 Å². The van der Waals surface area contributed by atoms with Crippen molar-refractivity contribution < 1.29 is 4.79 Å². The van der Waals surface area contributed by atoms with Crippen LogP contribution in [0.25, 0.3) is 0 Å². The van der Waals surface area contributed by atoms with Crippen LogP contribution in [0.1, 0.15) is 27.2 Å². The molecule has 4 heteroatoms. The Labute approximate surface area is 105 Å². The quantitative estimate of drug-likeness (QED) is 0.793. The standard InChI is InChI=1S/C13H27N3O/c1-13(2,3)11-15(4)10-12(17)16-8-5-6-14-7-9-16/h14H,5-11H2,1-4H3.